The summed E-state index contributed by atoms with van der Waals surface area (Å²) in [5.41, 5.74) is 10.9. The van der Waals surface area contributed by atoms with E-state index < -0.39 is 0 Å². The van der Waals surface area contributed by atoms with Crippen LogP contribution >= 0.6 is 11.8 Å². The Balaban J connectivity index is 2.17. The molecular formula is C20H24N2O2S. The molecule has 25 heavy (non-hydrogen) atoms. The van der Waals surface area contributed by atoms with Crippen molar-refractivity contribution in [2.24, 2.45) is 10.7 Å². The van der Waals surface area contributed by atoms with Gasteiger partial charge in [0.15, 0.2) is 11.0 Å². The summed E-state index contributed by atoms with van der Waals surface area (Å²) in [6.45, 7) is 8.14. The van der Waals surface area contributed by atoms with E-state index in [2.05, 4.69) is 11.1 Å². The molecule has 0 aliphatic carbocycles. The Morgan fingerprint density at radius 3 is 2.44 bits per heavy atom. The molecule has 4 nitrogen and oxygen atoms in total. The van der Waals surface area contributed by atoms with Gasteiger partial charge in [-0.1, -0.05) is 17.8 Å². The highest BCUT2D eigenvalue weighted by Crippen LogP contribution is 2.26. The fourth-order valence-corrected chi connectivity index (χ4v) is 3.23. The van der Waals surface area contributed by atoms with Crippen molar-refractivity contribution < 1.29 is 9.53 Å². The number of rotatable bonds is 6. The summed E-state index contributed by atoms with van der Waals surface area (Å²) in [5, 5.41) is 0.487. The van der Waals surface area contributed by atoms with Crippen LogP contribution in [0.3, 0.4) is 0 Å². The minimum absolute atomic E-state index is 0.0335. The highest BCUT2D eigenvalue weighted by molar-refractivity contribution is 8.13. The standard InChI is InChI=1S/C20H24N2O2S/c1-5-24-19-7-6-16(15(4)23)11-17(19)12-25-20(21)22-18-9-13(2)8-14(3)10-18/h6-11H,5,12H2,1-4H3,(H2,21,22). The maximum atomic E-state index is 11.6. The Labute approximate surface area is 153 Å². The van der Waals surface area contributed by atoms with E-state index in [4.69, 9.17) is 10.5 Å². The highest BCUT2D eigenvalue weighted by atomic mass is 32.2. The molecule has 0 heterocycles. The first-order chi connectivity index (χ1) is 11.9. The lowest BCUT2D eigenvalue weighted by molar-refractivity contribution is 0.101. The van der Waals surface area contributed by atoms with Crippen molar-refractivity contribution in [3.63, 3.8) is 0 Å². The number of amidine groups is 1. The Bertz CT molecular complexity index is 780. The molecule has 132 valence electrons. The number of hydrogen-bond donors (Lipinski definition) is 1. The molecular weight excluding hydrogens is 332 g/mol. The Kier molecular flexibility index (Phi) is 6.65. The first-order valence-electron chi connectivity index (χ1n) is 8.21. The number of nitrogens with zero attached hydrogens (tertiary/aromatic N) is 1. The topological polar surface area (TPSA) is 64.7 Å². The molecule has 0 atom stereocenters. The fraction of sp³-hybridized carbons (Fsp3) is 0.300. The Hall–Kier alpha value is -2.27. The number of benzene rings is 2. The van der Waals surface area contributed by atoms with Crippen LogP contribution in [0, 0.1) is 13.8 Å². The van der Waals surface area contributed by atoms with Crippen LogP contribution in [0.2, 0.25) is 0 Å². The molecule has 2 rings (SSSR count). The molecule has 2 aromatic rings. The van der Waals surface area contributed by atoms with E-state index in [1.807, 2.05) is 45.0 Å². The summed E-state index contributed by atoms with van der Waals surface area (Å²) in [6.07, 6.45) is 0. The number of ether oxygens (including phenoxy) is 1. The number of Topliss-reactive ketones (excluding diaryl/α,β-unsaturated/α-hetero) is 1. The van der Waals surface area contributed by atoms with E-state index in [9.17, 15) is 4.79 Å². The van der Waals surface area contributed by atoms with Crippen LogP contribution in [0.25, 0.3) is 0 Å². The summed E-state index contributed by atoms with van der Waals surface area (Å²) in [6, 6.07) is 11.6. The number of aliphatic imine (C=N–C) groups is 1. The van der Waals surface area contributed by atoms with E-state index in [1.54, 1.807) is 13.0 Å². The third kappa shape index (κ3) is 5.64. The van der Waals surface area contributed by atoms with Crippen molar-refractivity contribution in [2.75, 3.05) is 6.61 Å². The summed E-state index contributed by atoms with van der Waals surface area (Å²) >= 11 is 1.43. The number of carbonyl (C=O) groups excluding carboxylic acids is 1. The van der Waals surface area contributed by atoms with Crippen LogP contribution in [0.1, 0.15) is 40.9 Å². The van der Waals surface area contributed by atoms with Crippen molar-refractivity contribution in [1.29, 1.82) is 0 Å². The second kappa shape index (κ2) is 8.72. The molecule has 0 unspecified atom stereocenters. The second-order valence-electron chi connectivity index (χ2n) is 5.90. The Morgan fingerprint density at radius 1 is 1.16 bits per heavy atom. The van der Waals surface area contributed by atoms with Crippen molar-refractivity contribution >= 4 is 28.4 Å². The third-order valence-electron chi connectivity index (χ3n) is 3.59. The normalized spacial score (nSPS) is 11.4. The van der Waals surface area contributed by atoms with Crippen molar-refractivity contribution in [3.8, 4) is 5.75 Å². The summed E-state index contributed by atoms with van der Waals surface area (Å²) in [5.74, 6) is 1.40. The van der Waals surface area contributed by atoms with Crippen molar-refractivity contribution in [3.05, 3.63) is 58.7 Å². The molecule has 0 spiro atoms. The molecule has 5 heteroatoms. The molecule has 0 saturated carbocycles. The predicted octanol–water partition coefficient (Wildman–Crippen LogP) is 4.78. The van der Waals surface area contributed by atoms with E-state index in [0.717, 1.165) is 28.1 Å². The number of thioether (sulfide) groups is 1. The monoisotopic (exact) mass is 356 g/mol. The highest BCUT2D eigenvalue weighted by Gasteiger charge is 2.09. The van der Waals surface area contributed by atoms with Crippen LogP contribution in [0.15, 0.2) is 41.4 Å². The maximum Gasteiger partial charge on any atom is 0.159 e. The van der Waals surface area contributed by atoms with E-state index in [-0.39, 0.29) is 5.78 Å². The lowest BCUT2D eigenvalue weighted by atomic mass is 10.1. The van der Waals surface area contributed by atoms with Gasteiger partial charge in [-0.15, -0.1) is 0 Å². The number of aryl methyl sites for hydroxylation is 2. The molecule has 2 N–H and O–H groups in total. The average Bonchev–Trinajstić information content (AvgIpc) is 2.53. The molecule has 0 aliphatic rings. The predicted molar refractivity (Wildman–Crippen MR) is 106 cm³/mol. The SMILES string of the molecule is CCOc1ccc(C(C)=O)cc1CSC(N)=Nc1cc(C)cc(C)c1. The molecule has 0 radical (unpaired) electrons. The molecule has 0 amide bonds. The van der Waals surface area contributed by atoms with Crippen LogP contribution in [0.5, 0.6) is 5.75 Å². The molecule has 0 bridgehead atoms. The lowest BCUT2D eigenvalue weighted by Gasteiger charge is -2.11. The van der Waals surface area contributed by atoms with Gasteiger partial charge >= 0.3 is 0 Å². The minimum Gasteiger partial charge on any atom is -0.494 e. The van der Waals surface area contributed by atoms with Crippen LogP contribution < -0.4 is 10.5 Å². The Morgan fingerprint density at radius 2 is 1.84 bits per heavy atom. The molecule has 0 aromatic heterocycles. The smallest absolute Gasteiger partial charge is 0.159 e. The van der Waals surface area contributed by atoms with Gasteiger partial charge in [0.1, 0.15) is 5.75 Å². The molecule has 2 aromatic carbocycles. The lowest BCUT2D eigenvalue weighted by Crippen LogP contribution is -2.07. The first kappa shape index (κ1) is 19.1. The van der Waals surface area contributed by atoms with Crippen LogP contribution in [0.4, 0.5) is 5.69 Å². The van der Waals surface area contributed by atoms with Crippen LogP contribution in [-0.2, 0) is 5.75 Å². The van der Waals surface area contributed by atoms with Gasteiger partial charge in [0, 0.05) is 16.9 Å². The van der Waals surface area contributed by atoms with Crippen molar-refractivity contribution in [2.45, 2.75) is 33.4 Å². The first-order valence-corrected chi connectivity index (χ1v) is 9.19. The fourth-order valence-electron chi connectivity index (χ4n) is 2.53. The molecule has 0 fully saturated rings. The quantitative estimate of drug-likeness (QED) is 0.459. The van der Waals surface area contributed by atoms with Gasteiger partial charge in [0.2, 0.25) is 0 Å². The van der Waals surface area contributed by atoms with E-state index in [0.29, 0.717) is 23.1 Å². The van der Waals surface area contributed by atoms with Gasteiger partial charge in [-0.25, -0.2) is 4.99 Å². The van der Waals surface area contributed by atoms with E-state index in [1.165, 1.54) is 11.8 Å². The zero-order valence-corrected chi connectivity index (χ0v) is 15.9. The molecule has 0 saturated heterocycles. The van der Waals surface area contributed by atoms with Gasteiger partial charge in [-0.2, -0.15) is 0 Å². The summed E-state index contributed by atoms with van der Waals surface area (Å²) in [7, 11) is 0. The maximum absolute atomic E-state index is 11.6. The second-order valence-corrected chi connectivity index (χ2v) is 6.89. The number of hydrogen-bond acceptors (Lipinski definition) is 4. The van der Waals surface area contributed by atoms with Gasteiger partial charge in [0.25, 0.3) is 0 Å². The largest absolute Gasteiger partial charge is 0.494 e. The van der Waals surface area contributed by atoms with Crippen molar-refractivity contribution in [1.82, 2.24) is 0 Å². The third-order valence-corrected chi connectivity index (χ3v) is 4.43. The summed E-state index contributed by atoms with van der Waals surface area (Å²) in [4.78, 5) is 16.1. The van der Waals surface area contributed by atoms with Gasteiger partial charge in [-0.3, -0.25) is 4.79 Å². The zero-order valence-electron chi connectivity index (χ0n) is 15.1. The number of carbonyl (C=O) groups is 1. The average molecular weight is 356 g/mol. The van der Waals surface area contributed by atoms with E-state index >= 15 is 0 Å². The summed E-state index contributed by atoms with van der Waals surface area (Å²) < 4.78 is 5.65. The van der Waals surface area contributed by atoms with Crippen LogP contribution in [-0.4, -0.2) is 17.6 Å². The van der Waals surface area contributed by atoms with Gasteiger partial charge in [0.05, 0.1) is 12.3 Å². The molecule has 0 aliphatic heterocycles. The number of ketones is 1. The number of nitrogens with two attached hydrogens (primary N) is 1. The zero-order chi connectivity index (χ0) is 18.4. The van der Waals surface area contributed by atoms with Gasteiger partial charge in [-0.05, 0) is 69.2 Å². The minimum atomic E-state index is 0.0335. The van der Waals surface area contributed by atoms with Gasteiger partial charge < -0.3 is 10.5 Å².